The van der Waals surface area contributed by atoms with Gasteiger partial charge in [-0.25, -0.2) is 15.0 Å². The zero-order chi connectivity index (χ0) is 19.0. The molecule has 1 N–H and O–H groups in total. The number of nitrogens with zero attached hydrogens (tertiary/aromatic N) is 5. The third kappa shape index (κ3) is 3.48. The Balaban J connectivity index is 1.72. The Labute approximate surface area is 160 Å². The van der Waals surface area contributed by atoms with E-state index < -0.39 is 0 Å². The lowest BCUT2D eigenvalue weighted by molar-refractivity contribution is 0.261. The number of aromatic nitrogens is 5. The number of hydrogen-bond donors (Lipinski definition) is 1. The van der Waals surface area contributed by atoms with E-state index in [1.54, 1.807) is 12.5 Å². The molecule has 0 aliphatic rings. The number of ether oxygens (including phenoxy) is 1. The zero-order valence-corrected chi connectivity index (χ0v) is 16.1. The van der Waals surface area contributed by atoms with Gasteiger partial charge >= 0.3 is 0 Å². The summed E-state index contributed by atoms with van der Waals surface area (Å²) in [5.41, 5.74) is 3.10. The maximum absolute atomic E-state index is 10.3. The minimum atomic E-state index is -0.0400. The fourth-order valence-electron chi connectivity index (χ4n) is 2.63. The Bertz CT molecular complexity index is 1090. The Kier molecular flexibility index (Phi) is 4.49. The van der Waals surface area contributed by atoms with Crippen LogP contribution < -0.4 is 4.74 Å². The molecular weight excluding hydrogens is 362 g/mol. The van der Waals surface area contributed by atoms with E-state index in [2.05, 4.69) is 33.8 Å². The summed E-state index contributed by atoms with van der Waals surface area (Å²) in [5, 5.41) is 12.3. The lowest BCUT2D eigenvalue weighted by Crippen LogP contribution is -2.05. The molecule has 0 saturated heterocycles. The van der Waals surface area contributed by atoms with Crippen LogP contribution in [0.15, 0.2) is 36.2 Å². The summed E-state index contributed by atoms with van der Waals surface area (Å²) < 4.78 is 8.10. The average molecular weight is 381 g/mol. The number of rotatable bonds is 5. The van der Waals surface area contributed by atoms with E-state index in [0.717, 1.165) is 11.1 Å². The fraction of sp³-hybridized carbons (Fsp3) is 0.263. The van der Waals surface area contributed by atoms with Crippen LogP contribution in [0.3, 0.4) is 0 Å². The van der Waals surface area contributed by atoms with Crippen LogP contribution in [0.1, 0.15) is 13.8 Å². The largest absolute Gasteiger partial charge is 0.492 e. The first-order chi connectivity index (χ1) is 13.0. The van der Waals surface area contributed by atoms with Crippen LogP contribution in [0.25, 0.3) is 32.9 Å². The Hall–Kier alpha value is -3.00. The highest BCUT2D eigenvalue weighted by atomic mass is 32.1. The summed E-state index contributed by atoms with van der Waals surface area (Å²) in [6.07, 6.45) is 5.25. The van der Waals surface area contributed by atoms with Gasteiger partial charge in [0.05, 0.1) is 18.5 Å². The molecule has 27 heavy (non-hydrogen) atoms. The van der Waals surface area contributed by atoms with Gasteiger partial charge in [-0.05, 0) is 12.0 Å². The first-order valence-electron chi connectivity index (χ1n) is 8.57. The highest BCUT2D eigenvalue weighted by molar-refractivity contribution is 7.18. The van der Waals surface area contributed by atoms with Gasteiger partial charge in [-0.2, -0.15) is 4.98 Å². The highest BCUT2D eigenvalue weighted by Crippen LogP contribution is 2.37. The lowest BCUT2D eigenvalue weighted by Gasteiger charge is -2.08. The van der Waals surface area contributed by atoms with Gasteiger partial charge in [0.15, 0.2) is 5.82 Å². The molecule has 7 nitrogen and oxygen atoms in total. The predicted octanol–water partition coefficient (Wildman–Crippen LogP) is 3.89. The van der Waals surface area contributed by atoms with Crippen molar-refractivity contribution in [2.75, 3.05) is 6.61 Å². The van der Waals surface area contributed by atoms with E-state index in [9.17, 15) is 5.11 Å². The van der Waals surface area contributed by atoms with E-state index in [1.807, 2.05) is 35.3 Å². The van der Waals surface area contributed by atoms with Gasteiger partial charge in [0.1, 0.15) is 10.4 Å². The van der Waals surface area contributed by atoms with E-state index in [-0.39, 0.29) is 5.88 Å². The molecule has 8 heteroatoms. The molecular formula is C19H19N5O2S. The number of fused-ring (bicyclic) bond motifs is 1. The maximum atomic E-state index is 10.3. The van der Waals surface area contributed by atoms with E-state index in [1.165, 1.54) is 11.3 Å². The molecule has 4 rings (SSSR count). The van der Waals surface area contributed by atoms with Gasteiger partial charge in [0.25, 0.3) is 0 Å². The van der Waals surface area contributed by atoms with Crippen molar-refractivity contribution in [1.82, 2.24) is 24.5 Å². The predicted molar refractivity (Wildman–Crippen MR) is 105 cm³/mol. The monoisotopic (exact) mass is 381 g/mol. The van der Waals surface area contributed by atoms with Gasteiger partial charge < -0.3 is 14.4 Å². The molecule has 4 aromatic rings. The van der Waals surface area contributed by atoms with Crippen molar-refractivity contribution in [3.05, 3.63) is 36.2 Å². The van der Waals surface area contributed by atoms with Gasteiger partial charge in [-0.3, -0.25) is 0 Å². The first-order valence-corrected chi connectivity index (χ1v) is 9.45. The third-order valence-electron chi connectivity index (χ3n) is 3.94. The second-order valence-corrected chi connectivity index (χ2v) is 7.59. The molecule has 4 heterocycles. The number of thiophene rings is 1. The molecule has 0 aliphatic heterocycles. The van der Waals surface area contributed by atoms with Crippen LogP contribution >= 0.6 is 11.3 Å². The number of pyridine rings is 1. The van der Waals surface area contributed by atoms with Crippen molar-refractivity contribution in [3.63, 3.8) is 0 Å². The number of imidazole rings is 1. The Morgan fingerprint density at radius 1 is 1.22 bits per heavy atom. The molecule has 0 aliphatic carbocycles. The maximum Gasteiger partial charge on any atom is 0.233 e. The van der Waals surface area contributed by atoms with E-state index >= 15 is 0 Å². The summed E-state index contributed by atoms with van der Waals surface area (Å²) in [6.45, 7) is 4.82. The SMILES string of the molecule is CC(C)COc1ccc(-c2csc3c(O)nc(-c4cn(C)cn4)nc23)cn1. The second kappa shape index (κ2) is 6.96. The molecule has 0 bridgehead atoms. The van der Waals surface area contributed by atoms with Crippen molar-refractivity contribution in [2.24, 2.45) is 13.0 Å². The normalized spacial score (nSPS) is 11.4. The minimum Gasteiger partial charge on any atom is -0.492 e. The molecule has 0 fully saturated rings. The number of aromatic hydroxyl groups is 1. The molecule has 4 aromatic heterocycles. The van der Waals surface area contributed by atoms with Gasteiger partial charge in [-0.15, -0.1) is 11.3 Å². The summed E-state index contributed by atoms with van der Waals surface area (Å²) in [4.78, 5) is 17.5. The van der Waals surface area contributed by atoms with Gasteiger partial charge in [0.2, 0.25) is 11.8 Å². The standard InChI is InChI=1S/C19H19N5O2S/c1-11(2)8-26-15-5-4-12(6-20-15)13-9-27-17-16(13)22-18(23-19(17)25)14-7-24(3)10-21-14/h4-7,9-11H,8H2,1-3H3,(H,22,23,25). The summed E-state index contributed by atoms with van der Waals surface area (Å²) in [5.74, 6) is 1.39. The molecule has 0 aromatic carbocycles. The molecule has 0 amide bonds. The summed E-state index contributed by atoms with van der Waals surface area (Å²) in [6, 6.07) is 3.80. The number of hydrogen-bond acceptors (Lipinski definition) is 7. The second-order valence-electron chi connectivity index (χ2n) is 6.71. The first kappa shape index (κ1) is 17.4. The third-order valence-corrected chi connectivity index (χ3v) is 4.91. The van der Waals surface area contributed by atoms with Gasteiger partial charge in [-0.1, -0.05) is 13.8 Å². The summed E-state index contributed by atoms with van der Waals surface area (Å²) in [7, 11) is 1.87. The van der Waals surface area contributed by atoms with Gasteiger partial charge in [0, 0.05) is 42.0 Å². The molecule has 0 radical (unpaired) electrons. The topological polar surface area (TPSA) is 86.0 Å². The number of aryl methyl sites for hydroxylation is 1. The smallest absolute Gasteiger partial charge is 0.233 e. The zero-order valence-electron chi connectivity index (χ0n) is 15.2. The van der Waals surface area contributed by atoms with Crippen molar-refractivity contribution >= 4 is 21.6 Å². The molecule has 138 valence electrons. The quantitative estimate of drug-likeness (QED) is 0.564. The average Bonchev–Trinajstić information content (AvgIpc) is 3.27. The van der Waals surface area contributed by atoms with Crippen LogP contribution in [0, 0.1) is 5.92 Å². The van der Waals surface area contributed by atoms with Crippen molar-refractivity contribution < 1.29 is 9.84 Å². The van der Waals surface area contributed by atoms with Crippen molar-refractivity contribution in [1.29, 1.82) is 0 Å². The Morgan fingerprint density at radius 3 is 2.74 bits per heavy atom. The molecule has 0 unspecified atom stereocenters. The fourth-order valence-corrected chi connectivity index (χ4v) is 3.53. The van der Waals surface area contributed by atoms with Crippen LogP contribution in [0.4, 0.5) is 0 Å². The minimum absolute atomic E-state index is 0.0400. The van der Waals surface area contributed by atoms with E-state index in [4.69, 9.17) is 4.74 Å². The highest BCUT2D eigenvalue weighted by Gasteiger charge is 2.16. The Morgan fingerprint density at radius 2 is 2.07 bits per heavy atom. The molecule has 0 saturated carbocycles. The van der Waals surface area contributed by atoms with E-state index in [0.29, 0.717) is 40.1 Å². The lowest BCUT2D eigenvalue weighted by atomic mass is 10.1. The van der Waals surface area contributed by atoms with Crippen LogP contribution in [0.5, 0.6) is 11.8 Å². The molecule has 0 atom stereocenters. The van der Waals surface area contributed by atoms with Crippen molar-refractivity contribution in [2.45, 2.75) is 13.8 Å². The summed E-state index contributed by atoms with van der Waals surface area (Å²) >= 11 is 1.40. The molecule has 0 spiro atoms. The van der Waals surface area contributed by atoms with Crippen LogP contribution in [-0.2, 0) is 7.05 Å². The van der Waals surface area contributed by atoms with Crippen LogP contribution in [0.2, 0.25) is 0 Å². The van der Waals surface area contributed by atoms with Crippen molar-refractivity contribution in [3.8, 4) is 34.4 Å². The van der Waals surface area contributed by atoms with Crippen LogP contribution in [-0.4, -0.2) is 36.2 Å².